The zero-order chi connectivity index (χ0) is 32.8. The van der Waals surface area contributed by atoms with Gasteiger partial charge < -0.3 is 0 Å². The van der Waals surface area contributed by atoms with Crippen LogP contribution in [-0.4, -0.2) is 8.75 Å². The Balaban J connectivity index is 1.14. The zero-order valence-electron chi connectivity index (χ0n) is 27.2. The van der Waals surface area contributed by atoms with E-state index in [9.17, 15) is 0 Å². The summed E-state index contributed by atoms with van der Waals surface area (Å²) in [5, 5.41) is 0. The van der Waals surface area contributed by atoms with Crippen molar-refractivity contribution >= 4 is 90.8 Å². The minimum Gasteiger partial charge on any atom is -0.173 e. The predicted octanol–water partition coefficient (Wildman–Crippen LogP) is 15.1. The third-order valence-electron chi connectivity index (χ3n) is 8.66. The molecule has 0 amide bonds. The molecule has 0 N–H and O–H groups in total. The first kappa shape index (κ1) is 32.4. The van der Waals surface area contributed by atoms with Crippen LogP contribution in [0.1, 0.15) is 52.8 Å². The Bertz CT molecular complexity index is 2350. The number of aryl methyl sites for hydroxylation is 4. The highest BCUT2D eigenvalue weighted by Gasteiger charge is 2.22. The lowest BCUT2D eigenvalue weighted by Gasteiger charge is -2.04. The number of rotatable bonds is 11. The average Bonchev–Trinajstić information content (AvgIpc) is 3.93. The van der Waals surface area contributed by atoms with E-state index in [2.05, 4.69) is 105 Å². The maximum atomic E-state index is 4.78. The number of unbranched alkanes of at least 4 members (excludes halogenated alkanes) is 3. The van der Waals surface area contributed by atoms with E-state index in [1.807, 2.05) is 68.0 Å². The highest BCUT2D eigenvalue weighted by Crippen LogP contribution is 2.51. The molecule has 7 aromatic heterocycles. The highest BCUT2D eigenvalue weighted by atomic mass is 32.1. The number of thiophene rings is 6. The van der Waals surface area contributed by atoms with Gasteiger partial charge in [0, 0.05) is 75.2 Å². The first-order chi connectivity index (χ1) is 23.4. The van der Waals surface area contributed by atoms with Gasteiger partial charge in [-0.3, -0.25) is 0 Å². The van der Waals surface area contributed by atoms with Gasteiger partial charge in [0.25, 0.3) is 0 Å². The third-order valence-corrected chi connectivity index (χ3v) is 16.4. The van der Waals surface area contributed by atoms with Crippen LogP contribution in [0.3, 0.4) is 0 Å². The van der Waals surface area contributed by atoms with Crippen molar-refractivity contribution in [3.63, 3.8) is 0 Å². The molecule has 0 fully saturated rings. The first-order valence-corrected chi connectivity index (χ1v) is 21.9. The molecule has 0 aliphatic rings. The summed E-state index contributed by atoms with van der Waals surface area (Å²) in [4.78, 5) is 16.2. The quantitative estimate of drug-likeness (QED) is 0.123. The summed E-state index contributed by atoms with van der Waals surface area (Å²) in [7, 11) is 0. The van der Waals surface area contributed by atoms with E-state index in [0.717, 1.165) is 11.0 Å². The van der Waals surface area contributed by atoms with Gasteiger partial charge in [-0.05, 0) is 99.8 Å². The minimum atomic E-state index is 1.01. The SMILES string of the molecule is CCCCCCc1ccc(-c2ccc(-c3cc(-c4cc(-c5ccc(-c6ccc(C)s6)s5)c(-c5ccc(C)c6nsnc56)s4)sc3C)s2)s1. The van der Waals surface area contributed by atoms with Crippen molar-refractivity contribution in [2.24, 2.45) is 0 Å². The summed E-state index contributed by atoms with van der Waals surface area (Å²) in [5.74, 6) is 0. The molecule has 0 saturated carbocycles. The Morgan fingerprint density at radius 3 is 1.92 bits per heavy atom. The molecule has 48 heavy (non-hydrogen) atoms. The maximum absolute atomic E-state index is 4.78. The van der Waals surface area contributed by atoms with E-state index in [4.69, 9.17) is 4.37 Å². The molecule has 2 nitrogen and oxygen atoms in total. The van der Waals surface area contributed by atoms with Crippen LogP contribution < -0.4 is 0 Å². The van der Waals surface area contributed by atoms with Crippen LogP contribution in [-0.2, 0) is 6.42 Å². The molecule has 0 spiro atoms. The zero-order valence-corrected chi connectivity index (χ0v) is 32.9. The van der Waals surface area contributed by atoms with Gasteiger partial charge in [-0.15, -0.1) is 68.0 Å². The second-order valence-corrected chi connectivity index (χ2v) is 19.6. The lowest BCUT2D eigenvalue weighted by Crippen LogP contribution is -1.83. The number of aromatic nitrogens is 2. The largest absolute Gasteiger partial charge is 0.173 e. The van der Waals surface area contributed by atoms with Gasteiger partial charge >= 0.3 is 0 Å². The average molecular weight is 755 g/mol. The van der Waals surface area contributed by atoms with Crippen molar-refractivity contribution in [3.8, 4) is 60.6 Å². The minimum absolute atomic E-state index is 1.01. The Kier molecular flexibility index (Phi) is 9.37. The van der Waals surface area contributed by atoms with Crippen molar-refractivity contribution in [1.82, 2.24) is 8.75 Å². The van der Waals surface area contributed by atoms with Crippen LogP contribution in [0, 0.1) is 20.8 Å². The Morgan fingerprint density at radius 2 is 1.15 bits per heavy atom. The molecule has 0 atom stereocenters. The van der Waals surface area contributed by atoms with Gasteiger partial charge in [0.1, 0.15) is 11.0 Å². The van der Waals surface area contributed by atoms with Gasteiger partial charge in [-0.25, -0.2) is 0 Å². The maximum Gasteiger partial charge on any atom is 0.113 e. The first-order valence-electron chi connectivity index (χ1n) is 16.3. The Labute approximate surface area is 310 Å². The van der Waals surface area contributed by atoms with Crippen LogP contribution in [0.2, 0.25) is 0 Å². The molecule has 242 valence electrons. The van der Waals surface area contributed by atoms with Gasteiger partial charge in [0.15, 0.2) is 0 Å². The van der Waals surface area contributed by atoms with E-state index < -0.39 is 0 Å². The van der Waals surface area contributed by atoms with Gasteiger partial charge in [0.05, 0.1) is 11.7 Å². The van der Waals surface area contributed by atoms with Crippen molar-refractivity contribution in [2.45, 2.75) is 59.8 Å². The van der Waals surface area contributed by atoms with E-state index in [1.54, 1.807) is 0 Å². The van der Waals surface area contributed by atoms with E-state index in [1.165, 1.54) is 125 Å². The van der Waals surface area contributed by atoms with Crippen LogP contribution in [0.4, 0.5) is 0 Å². The van der Waals surface area contributed by atoms with Crippen molar-refractivity contribution < 1.29 is 0 Å². The Morgan fingerprint density at radius 1 is 0.500 bits per heavy atom. The van der Waals surface area contributed by atoms with E-state index >= 15 is 0 Å². The summed E-state index contributed by atoms with van der Waals surface area (Å²) in [6.07, 6.45) is 6.46. The molecule has 0 aliphatic carbocycles. The summed E-state index contributed by atoms with van der Waals surface area (Å²) in [5.41, 5.74) is 7.00. The van der Waals surface area contributed by atoms with Crippen molar-refractivity contribution in [1.29, 1.82) is 0 Å². The molecule has 8 aromatic rings. The van der Waals surface area contributed by atoms with E-state index in [-0.39, 0.29) is 0 Å². The molecule has 0 saturated heterocycles. The molecule has 1 aromatic carbocycles. The van der Waals surface area contributed by atoms with Gasteiger partial charge in [-0.1, -0.05) is 38.3 Å². The molecular weight excluding hydrogens is 721 g/mol. The fourth-order valence-corrected chi connectivity index (χ4v) is 13.3. The lowest BCUT2D eigenvalue weighted by atomic mass is 10.0. The highest BCUT2D eigenvalue weighted by molar-refractivity contribution is 7.27. The van der Waals surface area contributed by atoms with Crippen LogP contribution in [0.15, 0.2) is 72.8 Å². The fourth-order valence-electron chi connectivity index (χ4n) is 6.08. The number of fused-ring (bicyclic) bond motifs is 1. The molecular formula is C39H34N2S7. The molecule has 8 rings (SSSR count). The van der Waals surface area contributed by atoms with Crippen molar-refractivity contribution in [2.75, 3.05) is 0 Å². The standard InChI is InChI=1S/C39H34N2S7/c1-5-6-7-8-9-25-12-15-32(44-25)34-18-16-29(45-34)27-20-35(43-24(27)4)36-21-28(30-17-19-33(46-30)31-14-11-23(3)42-31)39(47-36)26-13-10-22(2)37-38(26)41-48-40-37/h10-21H,5-9H2,1-4H3. The second kappa shape index (κ2) is 13.9. The van der Waals surface area contributed by atoms with Crippen molar-refractivity contribution in [3.05, 3.63) is 93.0 Å². The summed E-state index contributed by atoms with van der Waals surface area (Å²) in [6.45, 7) is 8.86. The third kappa shape index (κ3) is 6.35. The van der Waals surface area contributed by atoms with Gasteiger partial charge in [0.2, 0.25) is 0 Å². The smallest absolute Gasteiger partial charge is 0.113 e. The second-order valence-electron chi connectivity index (χ2n) is 12.1. The van der Waals surface area contributed by atoms with Crippen LogP contribution >= 0.6 is 79.7 Å². The lowest BCUT2D eigenvalue weighted by molar-refractivity contribution is 0.670. The molecule has 9 heteroatoms. The monoisotopic (exact) mass is 754 g/mol. The molecule has 0 radical (unpaired) electrons. The number of hydrogen-bond donors (Lipinski definition) is 0. The molecule has 0 unspecified atom stereocenters. The normalized spacial score (nSPS) is 11.8. The number of hydrogen-bond acceptors (Lipinski definition) is 9. The van der Waals surface area contributed by atoms with Crippen LogP contribution in [0.5, 0.6) is 0 Å². The summed E-state index contributed by atoms with van der Waals surface area (Å²) in [6, 6.07) is 27.6. The van der Waals surface area contributed by atoms with Gasteiger partial charge in [-0.2, -0.15) is 8.75 Å². The summed E-state index contributed by atoms with van der Waals surface area (Å²) >= 11 is 12.7. The van der Waals surface area contributed by atoms with Crippen LogP contribution in [0.25, 0.3) is 71.6 Å². The fraction of sp³-hybridized carbons (Fsp3) is 0.231. The Hall–Kier alpha value is -2.76. The molecule has 7 heterocycles. The summed E-state index contributed by atoms with van der Waals surface area (Å²) < 4.78 is 9.44. The van der Waals surface area contributed by atoms with E-state index in [0.29, 0.717) is 0 Å². The molecule has 0 aliphatic heterocycles. The number of nitrogens with zero attached hydrogens (tertiary/aromatic N) is 2. The topological polar surface area (TPSA) is 25.8 Å². The molecule has 0 bridgehead atoms. The predicted molar refractivity (Wildman–Crippen MR) is 219 cm³/mol. The number of benzene rings is 1.